The number of hydrogen-bond donors (Lipinski definition) is 3. The molecule has 1 heterocycles. The molecule has 0 fully saturated rings. The van der Waals surface area contributed by atoms with Crippen LogP contribution in [0.2, 0.25) is 0 Å². The molecule has 0 aliphatic heterocycles. The van der Waals surface area contributed by atoms with Crippen molar-refractivity contribution in [3.05, 3.63) is 70.4 Å². The van der Waals surface area contributed by atoms with Gasteiger partial charge in [0.1, 0.15) is 6.04 Å². The number of nitrogens with one attached hydrogen (secondary N) is 2. The Labute approximate surface area is 152 Å². The molecule has 0 spiro atoms. The summed E-state index contributed by atoms with van der Waals surface area (Å²) in [7, 11) is 0. The fourth-order valence-corrected chi connectivity index (χ4v) is 3.49. The van der Waals surface area contributed by atoms with Gasteiger partial charge < -0.3 is 15.4 Å². The Morgan fingerprint density at radius 2 is 1.77 bits per heavy atom. The van der Waals surface area contributed by atoms with Crippen molar-refractivity contribution in [1.29, 1.82) is 0 Å². The lowest BCUT2D eigenvalue weighted by atomic mass is 9.98. The van der Waals surface area contributed by atoms with Crippen LogP contribution in [0.15, 0.2) is 42.6 Å². The van der Waals surface area contributed by atoms with E-state index in [9.17, 15) is 14.7 Å². The lowest BCUT2D eigenvalue weighted by molar-refractivity contribution is -0.139. The molecular formula is C21H22N2O3. The van der Waals surface area contributed by atoms with E-state index in [1.165, 1.54) is 0 Å². The number of benzene rings is 2. The van der Waals surface area contributed by atoms with Crippen molar-refractivity contribution >= 4 is 22.8 Å². The highest BCUT2D eigenvalue weighted by atomic mass is 16.4. The minimum atomic E-state index is -1.05. The summed E-state index contributed by atoms with van der Waals surface area (Å²) in [5.41, 5.74) is 5.12. The first-order chi connectivity index (χ1) is 12.4. The fourth-order valence-electron chi connectivity index (χ4n) is 3.49. The standard InChI is InChI=1S/C21H22N2O3/c1-12-8-13(2)19(14(3)9-12)20(24)23-18(21(25)26)10-15-11-22-17-7-5-4-6-16(15)17/h4-9,11,18,22H,10H2,1-3H3,(H,23,24)(H,25,26)/t18-/m0/s1. The molecule has 1 amide bonds. The van der Waals surface area contributed by atoms with Crippen molar-refractivity contribution in [2.45, 2.75) is 33.2 Å². The molecule has 0 aliphatic rings. The number of hydrogen-bond acceptors (Lipinski definition) is 2. The van der Waals surface area contributed by atoms with Crippen LogP contribution in [0.25, 0.3) is 10.9 Å². The van der Waals surface area contributed by atoms with Crippen molar-refractivity contribution in [2.75, 3.05) is 0 Å². The van der Waals surface area contributed by atoms with Crippen LogP contribution in [-0.4, -0.2) is 28.0 Å². The van der Waals surface area contributed by atoms with E-state index in [1.807, 2.05) is 57.2 Å². The predicted octanol–water partition coefficient (Wildman–Crippen LogP) is 3.52. The summed E-state index contributed by atoms with van der Waals surface area (Å²) in [5.74, 6) is -1.40. The molecule has 0 saturated heterocycles. The second-order valence-electron chi connectivity index (χ2n) is 6.70. The first-order valence-electron chi connectivity index (χ1n) is 8.53. The summed E-state index contributed by atoms with van der Waals surface area (Å²) in [6.45, 7) is 5.70. The number of aliphatic carboxylic acids is 1. The second kappa shape index (κ2) is 7.04. The molecule has 26 heavy (non-hydrogen) atoms. The van der Waals surface area contributed by atoms with Gasteiger partial charge in [0.2, 0.25) is 0 Å². The summed E-state index contributed by atoms with van der Waals surface area (Å²) < 4.78 is 0. The normalized spacial score (nSPS) is 12.1. The van der Waals surface area contributed by atoms with Crippen LogP contribution in [0.5, 0.6) is 0 Å². The second-order valence-corrected chi connectivity index (χ2v) is 6.70. The lowest BCUT2D eigenvalue weighted by Crippen LogP contribution is -2.42. The number of para-hydroxylation sites is 1. The van der Waals surface area contributed by atoms with Gasteiger partial charge in [0.15, 0.2) is 0 Å². The van der Waals surface area contributed by atoms with Gasteiger partial charge in [-0.25, -0.2) is 4.79 Å². The van der Waals surface area contributed by atoms with Gasteiger partial charge in [0, 0.05) is 29.1 Å². The van der Waals surface area contributed by atoms with Gasteiger partial charge in [-0.3, -0.25) is 4.79 Å². The molecule has 3 rings (SSSR count). The number of aryl methyl sites for hydroxylation is 3. The van der Waals surface area contributed by atoms with Crippen molar-refractivity contribution in [3.63, 3.8) is 0 Å². The number of H-pyrrole nitrogens is 1. The summed E-state index contributed by atoms with van der Waals surface area (Å²) in [6, 6.07) is 10.6. The molecule has 0 saturated carbocycles. The van der Waals surface area contributed by atoms with Gasteiger partial charge in [-0.05, 0) is 43.5 Å². The third kappa shape index (κ3) is 3.47. The topological polar surface area (TPSA) is 82.2 Å². The number of carboxylic acids is 1. The molecule has 3 N–H and O–H groups in total. The summed E-state index contributed by atoms with van der Waals surface area (Å²) in [4.78, 5) is 27.6. The summed E-state index contributed by atoms with van der Waals surface area (Å²) >= 11 is 0. The Balaban J connectivity index is 1.85. The SMILES string of the molecule is Cc1cc(C)c(C(=O)N[C@@H](Cc2c[nH]c3ccccc23)C(=O)O)c(C)c1. The maximum absolute atomic E-state index is 12.7. The first-order valence-corrected chi connectivity index (χ1v) is 8.53. The quantitative estimate of drug-likeness (QED) is 0.658. The minimum absolute atomic E-state index is 0.217. The highest BCUT2D eigenvalue weighted by molar-refractivity contribution is 5.99. The molecule has 134 valence electrons. The zero-order chi connectivity index (χ0) is 18.8. The van der Waals surface area contributed by atoms with Crippen LogP contribution in [-0.2, 0) is 11.2 Å². The molecule has 0 radical (unpaired) electrons. The maximum Gasteiger partial charge on any atom is 0.326 e. The van der Waals surface area contributed by atoms with Crippen LogP contribution in [0.1, 0.15) is 32.6 Å². The van der Waals surface area contributed by atoms with Crippen molar-refractivity contribution < 1.29 is 14.7 Å². The lowest BCUT2D eigenvalue weighted by Gasteiger charge is -2.17. The summed E-state index contributed by atoms with van der Waals surface area (Å²) in [6.07, 6.45) is 2.02. The third-order valence-electron chi connectivity index (χ3n) is 4.61. The van der Waals surface area contributed by atoms with Gasteiger partial charge in [0.05, 0.1) is 0 Å². The first kappa shape index (κ1) is 17.7. The zero-order valence-corrected chi connectivity index (χ0v) is 15.1. The fraction of sp³-hybridized carbons (Fsp3) is 0.238. The number of aromatic nitrogens is 1. The predicted molar refractivity (Wildman–Crippen MR) is 102 cm³/mol. The Bertz CT molecular complexity index is 965. The number of carbonyl (C=O) groups excluding carboxylic acids is 1. The van der Waals surface area contributed by atoms with E-state index in [-0.39, 0.29) is 12.3 Å². The number of amides is 1. The van der Waals surface area contributed by atoms with Gasteiger partial charge in [-0.1, -0.05) is 35.9 Å². The van der Waals surface area contributed by atoms with E-state index in [2.05, 4.69) is 10.3 Å². The van der Waals surface area contributed by atoms with Crippen molar-refractivity contribution in [2.24, 2.45) is 0 Å². The van der Waals surface area contributed by atoms with E-state index in [1.54, 1.807) is 6.20 Å². The van der Waals surface area contributed by atoms with Crippen LogP contribution < -0.4 is 5.32 Å². The third-order valence-corrected chi connectivity index (χ3v) is 4.61. The average Bonchev–Trinajstić information content (AvgIpc) is 2.96. The summed E-state index contributed by atoms with van der Waals surface area (Å²) in [5, 5.41) is 13.3. The minimum Gasteiger partial charge on any atom is -0.480 e. The van der Waals surface area contributed by atoms with Gasteiger partial charge in [-0.2, -0.15) is 0 Å². The highest BCUT2D eigenvalue weighted by Crippen LogP contribution is 2.20. The Hall–Kier alpha value is -3.08. The molecule has 0 unspecified atom stereocenters. The highest BCUT2D eigenvalue weighted by Gasteiger charge is 2.24. The molecule has 0 aliphatic carbocycles. The molecule has 1 aromatic heterocycles. The number of fused-ring (bicyclic) bond motifs is 1. The largest absolute Gasteiger partial charge is 0.480 e. The smallest absolute Gasteiger partial charge is 0.326 e. The van der Waals surface area contributed by atoms with Gasteiger partial charge >= 0.3 is 5.97 Å². The van der Waals surface area contributed by atoms with Crippen molar-refractivity contribution in [1.82, 2.24) is 10.3 Å². The molecule has 3 aromatic rings. The molecule has 2 aromatic carbocycles. The van der Waals surface area contributed by atoms with Crippen LogP contribution in [0, 0.1) is 20.8 Å². The van der Waals surface area contributed by atoms with Crippen molar-refractivity contribution in [3.8, 4) is 0 Å². The molecule has 5 heteroatoms. The Kier molecular flexibility index (Phi) is 4.80. The van der Waals surface area contributed by atoms with Crippen LogP contribution in [0.3, 0.4) is 0 Å². The van der Waals surface area contributed by atoms with E-state index in [0.717, 1.165) is 33.2 Å². The number of carboxylic acid groups (broad SMARTS) is 1. The zero-order valence-electron chi connectivity index (χ0n) is 15.1. The Morgan fingerprint density at radius 3 is 2.42 bits per heavy atom. The number of aromatic amines is 1. The molecule has 5 nitrogen and oxygen atoms in total. The van der Waals surface area contributed by atoms with E-state index in [0.29, 0.717) is 5.56 Å². The van der Waals surface area contributed by atoms with Gasteiger partial charge in [0.25, 0.3) is 5.91 Å². The number of rotatable bonds is 5. The van der Waals surface area contributed by atoms with Crippen LogP contribution >= 0.6 is 0 Å². The molecule has 1 atom stereocenters. The van der Waals surface area contributed by atoms with E-state index < -0.39 is 12.0 Å². The molecular weight excluding hydrogens is 328 g/mol. The van der Waals surface area contributed by atoms with Crippen LogP contribution in [0.4, 0.5) is 0 Å². The van der Waals surface area contributed by atoms with E-state index in [4.69, 9.17) is 0 Å². The maximum atomic E-state index is 12.7. The Morgan fingerprint density at radius 1 is 1.12 bits per heavy atom. The number of carbonyl (C=O) groups is 2. The van der Waals surface area contributed by atoms with E-state index >= 15 is 0 Å². The average molecular weight is 350 g/mol. The van der Waals surface area contributed by atoms with Gasteiger partial charge in [-0.15, -0.1) is 0 Å². The molecule has 0 bridgehead atoms. The monoisotopic (exact) mass is 350 g/mol.